The van der Waals surface area contributed by atoms with Gasteiger partial charge in [-0.05, 0) is 38.2 Å². The van der Waals surface area contributed by atoms with E-state index in [0.717, 1.165) is 6.42 Å². The highest BCUT2D eigenvalue weighted by Gasteiger charge is 2.17. The summed E-state index contributed by atoms with van der Waals surface area (Å²) in [6.45, 7) is 0.521. The van der Waals surface area contributed by atoms with Crippen molar-refractivity contribution in [3.63, 3.8) is 0 Å². The Morgan fingerprint density at radius 2 is 1.85 bits per heavy atom. The lowest BCUT2D eigenvalue weighted by atomic mass is 10.1. The fourth-order valence-electron chi connectivity index (χ4n) is 2.76. The third kappa shape index (κ3) is 4.99. The van der Waals surface area contributed by atoms with Gasteiger partial charge < -0.3 is 10.2 Å². The Balaban J connectivity index is 1.64. The Bertz CT molecular complexity index is 895. The molecule has 3 rings (SSSR count). The standard InChI is InChI=1S/C21H22FN3OS/c1-25(2)16(12-15-8-4-3-5-9-15)13-23-20(26)19-14-24-21(27-19)17-10-6-7-11-18(17)22/h3-11,14,16H,12-13H2,1-2H3,(H,23,26). The lowest BCUT2D eigenvalue weighted by molar-refractivity contribution is 0.0945. The van der Waals surface area contributed by atoms with E-state index in [2.05, 4.69) is 27.3 Å². The molecule has 0 spiro atoms. The van der Waals surface area contributed by atoms with Crippen molar-refractivity contribution in [1.82, 2.24) is 15.2 Å². The summed E-state index contributed by atoms with van der Waals surface area (Å²) in [6.07, 6.45) is 2.35. The van der Waals surface area contributed by atoms with Crippen LogP contribution in [0.1, 0.15) is 15.2 Å². The van der Waals surface area contributed by atoms with Crippen molar-refractivity contribution < 1.29 is 9.18 Å². The maximum absolute atomic E-state index is 13.9. The van der Waals surface area contributed by atoms with Gasteiger partial charge in [0.2, 0.25) is 0 Å². The number of hydrogen-bond acceptors (Lipinski definition) is 4. The molecule has 1 heterocycles. The molecule has 1 amide bonds. The molecule has 2 aromatic carbocycles. The van der Waals surface area contributed by atoms with E-state index in [1.54, 1.807) is 18.2 Å². The van der Waals surface area contributed by atoms with E-state index in [1.165, 1.54) is 29.2 Å². The summed E-state index contributed by atoms with van der Waals surface area (Å²) < 4.78 is 13.9. The van der Waals surface area contributed by atoms with Gasteiger partial charge in [-0.25, -0.2) is 9.37 Å². The minimum atomic E-state index is -0.339. The van der Waals surface area contributed by atoms with Crippen LogP contribution in [0, 0.1) is 5.82 Å². The summed E-state index contributed by atoms with van der Waals surface area (Å²) >= 11 is 1.20. The number of likely N-dealkylation sites (N-methyl/N-ethyl adjacent to an activating group) is 1. The number of amides is 1. The van der Waals surface area contributed by atoms with Crippen molar-refractivity contribution in [2.75, 3.05) is 20.6 Å². The van der Waals surface area contributed by atoms with E-state index in [4.69, 9.17) is 0 Å². The van der Waals surface area contributed by atoms with Crippen molar-refractivity contribution in [3.05, 3.63) is 77.1 Å². The van der Waals surface area contributed by atoms with Crippen molar-refractivity contribution in [2.24, 2.45) is 0 Å². The van der Waals surface area contributed by atoms with Crippen LogP contribution in [0.15, 0.2) is 60.8 Å². The van der Waals surface area contributed by atoms with Crippen molar-refractivity contribution in [1.29, 1.82) is 0 Å². The molecule has 0 saturated heterocycles. The second kappa shape index (κ2) is 8.88. The largest absolute Gasteiger partial charge is 0.350 e. The lowest BCUT2D eigenvalue weighted by Crippen LogP contribution is -2.41. The fourth-order valence-corrected chi connectivity index (χ4v) is 3.62. The van der Waals surface area contributed by atoms with E-state index in [1.807, 2.05) is 32.3 Å². The molecule has 1 atom stereocenters. The van der Waals surface area contributed by atoms with Gasteiger partial charge in [0, 0.05) is 18.2 Å². The highest BCUT2D eigenvalue weighted by Crippen LogP contribution is 2.27. The molecule has 4 nitrogen and oxygen atoms in total. The van der Waals surface area contributed by atoms with Crippen LogP contribution in [-0.4, -0.2) is 42.5 Å². The topological polar surface area (TPSA) is 45.2 Å². The highest BCUT2D eigenvalue weighted by molar-refractivity contribution is 7.16. The van der Waals surface area contributed by atoms with Crippen LogP contribution in [0.3, 0.4) is 0 Å². The molecule has 1 unspecified atom stereocenters. The number of carbonyl (C=O) groups excluding carboxylic acids is 1. The van der Waals surface area contributed by atoms with Gasteiger partial charge in [-0.2, -0.15) is 0 Å². The molecule has 140 valence electrons. The van der Waals surface area contributed by atoms with Crippen LogP contribution in [0.25, 0.3) is 10.6 Å². The number of hydrogen-bond donors (Lipinski definition) is 1. The smallest absolute Gasteiger partial charge is 0.263 e. The average Bonchev–Trinajstić information content (AvgIpc) is 3.16. The molecule has 1 N–H and O–H groups in total. The van der Waals surface area contributed by atoms with Gasteiger partial charge in [0.25, 0.3) is 5.91 Å². The Morgan fingerprint density at radius 3 is 2.56 bits per heavy atom. The first kappa shape index (κ1) is 19.2. The molecule has 0 saturated carbocycles. The molecule has 0 bridgehead atoms. The maximum atomic E-state index is 13.9. The van der Waals surface area contributed by atoms with E-state index >= 15 is 0 Å². The number of benzene rings is 2. The van der Waals surface area contributed by atoms with E-state index in [-0.39, 0.29) is 17.8 Å². The minimum Gasteiger partial charge on any atom is -0.350 e. The normalized spacial score (nSPS) is 12.1. The van der Waals surface area contributed by atoms with Crippen molar-refractivity contribution in [3.8, 4) is 10.6 Å². The number of nitrogens with one attached hydrogen (secondary N) is 1. The molecular formula is C21H22FN3OS. The molecule has 0 aliphatic rings. The summed E-state index contributed by atoms with van der Waals surface area (Å²) in [5, 5.41) is 3.48. The number of halogens is 1. The molecule has 27 heavy (non-hydrogen) atoms. The lowest BCUT2D eigenvalue weighted by Gasteiger charge is -2.24. The summed E-state index contributed by atoms with van der Waals surface area (Å²) in [4.78, 5) is 19.3. The highest BCUT2D eigenvalue weighted by atomic mass is 32.1. The van der Waals surface area contributed by atoms with E-state index in [0.29, 0.717) is 22.0 Å². The van der Waals surface area contributed by atoms with Crippen LogP contribution in [-0.2, 0) is 6.42 Å². The van der Waals surface area contributed by atoms with Crippen LogP contribution in [0.4, 0.5) is 4.39 Å². The Morgan fingerprint density at radius 1 is 1.15 bits per heavy atom. The second-order valence-electron chi connectivity index (χ2n) is 6.53. The van der Waals surface area contributed by atoms with Crippen LogP contribution < -0.4 is 5.32 Å². The number of rotatable bonds is 7. The van der Waals surface area contributed by atoms with Crippen LogP contribution in [0.2, 0.25) is 0 Å². The van der Waals surface area contributed by atoms with Gasteiger partial charge in [-0.15, -0.1) is 11.3 Å². The van der Waals surface area contributed by atoms with Crippen molar-refractivity contribution >= 4 is 17.2 Å². The number of thiazole rings is 1. The van der Waals surface area contributed by atoms with Crippen LogP contribution >= 0.6 is 11.3 Å². The quantitative estimate of drug-likeness (QED) is 0.674. The van der Waals surface area contributed by atoms with E-state index < -0.39 is 0 Å². The van der Waals surface area contributed by atoms with Gasteiger partial charge in [0.1, 0.15) is 15.7 Å². The molecule has 0 aliphatic heterocycles. The fraction of sp³-hybridized carbons (Fsp3) is 0.238. The predicted octanol–water partition coefficient (Wildman–Crippen LogP) is 3.85. The zero-order chi connectivity index (χ0) is 19.2. The minimum absolute atomic E-state index is 0.176. The van der Waals surface area contributed by atoms with Gasteiger partial charge >= 0.3 is 0 Å². The van der Waals surface area contributed by atoms with Gasteiger partial charge in [0.15, 0.2) is 0 Å². The maximum Gasteiger partial charge on any atom is 0.263 e. The van der Waals surface area contributed by atoms with Gasteiger partial charge in [0.05, 0.1) is 6.20 Å². The number of carbonyl (C=O) groups is 1. The zero-order valence-corrected chi connectivity index (χ0v) is 16.2. The molecule has 0 fully saturated rings. The van der Waals surface area contributed by atoms with Gasteiger partial charge in [-0.1, -0.05) is 42.5 Å². The summed E-state index contributed by atoms with van der Waals surface area (Å²) in [6, 6.07) is 16.8. The number of nitrogens with zero attached hydrogens (tertiary/aromatic N) is 2. The molecule has 0 radical (unpaired) electrons. The predicted molar refractivity (Wildman–Crippen MR) is 107 cm³/mol. The Labute approximate surface area is 162 Å². The van der Waals surface area contributed by atoms with Gasteiger partial charge in [-0.3, -0.25) is 4.79 Å². The summed E-state index contributed by atoms with van der Waals surface area (Å²) in [7, 11) is 4.01. The Kier molecular flexibility index (Phi) is 6.32. The average molecular weight is 383 g/mol. The second-order valence-corrected chi connectivity index (χ2v) is 7.56. The van der Waals surface area contributed by atoms with Crippen molar-refractivity contribution in [2.45, 2.75) is 12.5 Å². The molecule has 3 aromatic rings. The monoisotopic (exact) mass is 383 g/mol. The first-order valence-electron chi connectivity index (χ1n) is 8.74. The third-order valence-electron chi connectivity index (χ3n) is 4.38. The first-order chi connectivity index (χ1) is 13.0. The summed E-state index contributed by atoms with van der Waals surface area (Å²) in [5.41, 5.74) is 1.64. The molecule has 6 heteroatoms. The molecule has 0 aliphatic carbocycles. The molecule has 1 aromatic heterocycles. The summed E-state index contributed by atoms with van der Waals surface area (Å²) in [5.74, 6) is -0.524. The first-order valence-corrected chi connectivity index (χ1v) is 9.55. The van der Waals surface area contributed by atoms with E-state index in [9.17, 15) is 9.18 Å². The molecular weight excluding hydrogens is 361 g/mol. The zero-order valence-electron chi connectivity index (χ0n) is 15.4. The number of aromatic nitrogens is 1. The SMILES string of the molecule is CN(C)C(CNC(=O)c1cnc(-c2ccccc2F)s1)Cc1ccccc1. The van der Waals surface area contributed by atoms with Crippen LogP contribution in [0.5, 0.6) is 0 Å². The Hall–Kier alpha value is -2.57. The third-order valence-corrected chi connectivity index (χ3v) is 5.41.